The van der Waals surface area contributed by atoms with Gasteiger partial charge in [0.15, 0.2) is 0 Å². The van der Waals surface area contributed by atoms with E-state index in [4.69, 9.17) is 10.8 Å². The number of carboxylic acids is 1. The first-order valence-corrected chi connectivity index (χ1v) is 4.91. The summed E-state index contributed by atoms with van der Waals surface area (Å²) in [4.78, 5) is 10.5. The fourth-order valence-corrected chi connectivity index (χ4v) is 1.60. The van der Waals surface area contributed by atoms with Crippen LogP contribution in [0, 0.1) is 3.57 Å². The number of nitrogens with two attached hydrogens (primary N) is 1. The summed E-state index contributed by atoms with van der Waals surface area (Å²) < 4.78 is 1.05. The largest absolute Gasteiger partial charge is 0.480 e. The van der Waals surface area contributed by atoms with Gasteiger partial charge in [0, 0.05) is 3.57 Å². The van der Waals surface area contributed by atoms with E-state index in [1.165, 1.54) is 0 Å². The van der Waals surface area contributed by atoms with Gasteiger partial charge in [0.05, 0.1) is 0 Å². The lowest BCUT2D eigenvalue weighted by Crippen LogP contribution is -2.32. The van der Waals surface area contributed by atoms with E-state index >= 15 is 0 Å². The van der Waals surface area contributed by atoms with Crippen LogP contribution in [0.15, 0.2) is 24.3 Å². The maximum atomic E-state index is 10.5. The van der Waals surface area contributed by atoms with E-state index in [1.54, 1.807) is 0 Å². The third-order valence-corrected chi connectivity index (χ3v) is 2.77. The molecule has 0 saturated carbocycles. The molecular weight excluding hydrogens is 277 g/mol. The van der Waals surface area contributed by atoms with Crippen molar-refractivity contribution in [2.75, 3.05) is 0 Å². The zero-order valence-electron chi connectivity index (χ0n) is 6.90. The molecule has 0 spiro atoms. The average molecular weight is 287 g/mol. The molecule has 1 rings (SSSR count). The zero-order chi connectivity index (χ0) is 9.84. The van der Waals surface area contributed by atoms with Crippen molar-refractivity contribution < 1.29 is 9.90 Å². The fourth-order valence-electron chi connectivity index (χ4n) is 0.988. The lowest BCUT2D eigenvalue weighted by molar-refractivity contribution is -0.138. The van der Waals surface area contributed by atoms with Crippen LogP contribution < -0.4 is 5.73 Å². The van der Waals surface area contributed by atoms with Gasteiger partial charge >= 0.3 is 5.97 Å². The molecule has 0 heterocycles. The molecule has 1 aromatic carbocycles. The van der Waals surface area contributed by atoms with Gasteiger partial charge in [-0.25, -0.2) is 0 Å². The van der Waals surface area contributed by atoms with Gasteiger partial charge in [0.1, 0.15) is 6.04 Å². The van der Waals surface area contributed by atoms with Crippen molar-refractivity contribution in [3.8, 4) is 0 Å². The van der Waals surface area contributed by atoms with Crippen molar-refractivity contribution in [3.63, 3.8) is 0 Å². The van der Waals surface area contributed by atoms with Crippen LogP contribution in [0.3, 0.4) is 0 Å². The summed E-state index contributed by atoms with van der Waals surface area (Å²) in [6.45, 7) is 0. The third kappa shape index (κ3) is 2.96. The van der Waals surface area contributed by atoms with Crippen molar-refractivity contribution in [1.82, 2.24) is 0 Å². The molecule has 0 saturated heterocycles. The number of benzene rings is 1. The van der Waals surface area contributed by atoms with Crippen LogP contribution in [0.5, 0.6) is 0 Å². The van der Waals surface area contributed by atoms with Gasteiger partial charge in [-0.15, -0.1) is 0 Å². The van der Waals surface area contributed by atoms with E-state index in [1.807, 2.05) is 24.3 Å². The quantitative estimate of drug-likeness (QED) is 0.822. The van der Waals surface area contributed by atoms with Gasteiger partial charge in [-0.1, -0.05) is 18.2 Å². The van der Waals surface area contributed by atoms with Gasteiger partial charge in [0.25, 0.3) is 0 Å². The lowest BCUT2D eigenvalue weighted by atomic mass is 10.1. The standard InChI is InChI=1S/C9H10INO2/c10-7-4-2-1-3-6(7)5-8(11)9(12)13/h1-4,8H,5,11H2,(H,12,13)/t8-/m1/s1/i10-4. The second-order valence-corrected chi connectivity index (χ2v) is 3.90. The zero-order valence-corrected chi connectivity index (χ0v) is 9.06. The van der Waals surface area contributed by atoms with E-state index in [0.717, 1.165) is 9.13 Å². The molecule has 0 fully saturated rings. The summed E-state index contributed by atoms with van der Waals surface area (Å²) in [6, 6.07) is 6.81. The Hall–Kier alpha value is -0.620. The predicted octanol–water partition coefficient (Wildman–Crippen LogP) is 1.25. The Morgan fingerprint density at radius 1 is 1.54 bits per heavy atom. The SMILES string of the molecule is N[C@H](Cc1ccccc1[123I])C(=O)O. The highest BCUT2D eigenvalue weighted by Gasteiger charge is 2.12. The normalized spacial score (nSPS) is 12.5. The second kappa shape index (κ2) is 4.57. The minimum absolute atomic E-state index is 0.383. The van der Waals surface area contributed by atoms with Crippen molar-refractivity contribution in [2.24, 2.45) is 5.73 Å². The Morgan fingerprint density at radius 3 is 2.69 bits per heavy atom. The van der Waals surface area contributed by atoms with Crippen molar-refractivity contribution in [3.05, 3.63) is 33.4 Å². The van der Waals surface area contributed by atoms with Gasteiger partial charge in [-0.05, 0) is 40.6 Å². The highest BCUT2D eigenvalue weighted by atomic mass is 123. The maximum Gasteiger partial charge on any atom is 0.320 e. The van der Waals surface area contributed by atoms with E-state index < -0.39 is 12.0 Å². The van der Waals surface area contributed by atoms with Crippen LogP contribution in [0.25, 0.3) is 0 Å². The van der Waals surface area contributed by atoms with Gasteiger partial charge in [-0.2, -0.15) is 0 Å². The fraction of sp³-hybridized carbons (Fsp3) is 0.222. The first kappa shape index (κ1) is 10.5. The van der Waals surface area contributed by atoms with E-state index in [0.29, 0.717) is 6.42 Å². The summed E-state index contributed by atoms with van der Waals surface area (Å²) in [6.07, 6.45) is 0.383. The van der Waals surface area contributed by atoms with Crippen LogP contribution in [-0.2, 0) is 11.2 Å². The van der Waals surface area contributed by atoms with Gasteiger partial charge in [0.2, 0.25) is 0 Å². The van der Waals surface area contributed by atoms with Crippen molar-refractivity contribution in [2.45, 2.75) is 12.5 Å². The highest BCUT2D eigenvalue weighted by molar-refractivity contribution is 14.1. The molecule has 4 heteroatoms. The Balaban J connectivity index is 2.74. The number of hydrogen-bond donors (Lipinski definition) is 2. The molecule has 0 aromatic heterocycles. The first-order chi connectivity index (χ1) is 6.11. The number of carboxylic acid groups (broad SMARTS) is 1. The van der Waals surface area contributed by atoms with Crippen molar-refractivity contribution >= 4 is 28.6 Å². The molecule has 3 nitrogen and oxygen atoms in total. The second-order valence-electron chi connectivity index (χ2n) is 2.74. The van der Waals surface area contributed by atoms with E-state index in [2.05, 4.69) is 22.6 Å². The van der Waals surface area contributed by atoms with Crippen LogP contribution in [0.1, 0.15) is 5.56 Å². The van der Waals surface area contributed by atoms with Crippen LogP contribution in [-0.4, -0.2) is 17.1 Å². The maximum absolute atomic E-state index is 10.5. The number of halogens is 1. The van der Waals surface area contributed by atoms with Gasteiger partial charge < -0.3 is 10.8 Å². The molecule has 0 aliphatic rings. The molecule has 3 N–H and O–H groups in total. The summed E-state index contributed by atoms with van der Waals surface area (Å²) in [5, 5.41) is 8.61. The number of carbonyl (C=O) groups is 1. The van der Waals surface area contributed by atoms with E-state index in [9.17, 15) is 4.79 Å². The topological polar surface area (TPSA) is 63.3 Å². The highest BCUT2D eigenvalue weighted by Crippen LogP contribution is 2.12. The Morgan fingerprint density at radius 2 is 2.15 bits per heavy atom. The van der Waals surface area contributed by atoms with Gasteiger partial charge in [-0.3, -0.25) is 4.79 Å². The summed E-state index contributed by atoms with van der Waals surface area (Å²) >= 11 is 2.17. The monoisotopic (exact) mass is 287 g/mol. The number of aliphatic carboxylic acids is 1. The molecule has 1 atom stereocenters. The Labute approximate surface area is 90.1 Å². The Bertz CT molecular complexity index is 314. The minimum atomic E-state index is -0.959. The lowest BCUT2D eigenvalue weighted by Gasteiger charge is -2.07. The smallest absolute Gasteiger partial charge is 0.320 e. The summed E-state index contributed by atoms with van der Waals surface area (Å²) in [5.41, 5.74) is 6.40. The molecule has 0 amide bonds. The minimum Gasteiger partial charge on any atom is -0.480 e. The Kier molecular flexibility index (Phi) is 3.68. The van der Waals surface area contributed by atoms with Crippen LogP contribution in [0.4, 0.5) is 0 Å². The molecule has 13 heavy (non-hydrogen) atoms. The molecular formula is C9H10INO2. The average Bonchev–Trinajstić information content (AvgIpc) is 2.08. The molecule has 1 aromatic rings. The third-order valence-electron chi connectivity index (χ3n) is 1.71. The van der Waals surface area contributed by atoms with Crippen LogP contribution in [0.2, 0.25) is 0 Å². The molecule has 70 valence electrons. The summed E-state index contributed by atoms with van der Waals surface area (Å²) in [5.74, 6) is -0.959. The molecule has 0 aliphatic carbocycles. The van der Waals surface area contributed by atoms with Crippen molar-refractivity contribution in [1.29, 1.82) is 0 Å². The number of rotatable bonds is 3. The first-order valence-electron chi connectivity index (χ1n) is 3.83. The molecule has 0 bridgehead atoms. The summed E-state index contributed by atoms with van der Waals surface area (Å²) in [7, 11) is 0. The predicted molar refractivity (Wildman–Crippen MR) is 58.5 cm³/mol. The molecule has 0 radical (unpaired) electrons. The molecule has 0 unspecified atom stereocenters. The number of hydrogen-bond acceptors (Lipinski definition) is 2. The van der Waals surface area contributed by atoms with E-state index in [-0.39, 0.29) is 0 Å². The van der Waals surface area contributed by atoms with Crippen LogP contribution >= 0.6 is 22.6 Å². The molecule has 0 aliphatic heterocycles.